The highest BCUT2D eigenvalue weighted by Crippen LogP contribution is 2.12. The minimum Gasteiger partial charge on any atom is -0.321 e. The third-order valence-corrected chi connectivity index (χ3v) is 3.35. The average Bonchev–Trinajstić information content (AvgIpc) is 2.93. The van der Waals surface area contributed by atoms with Crippen LogP contribution >= 0.6 is 0 Å². The SMILES string of the molecule is Cc1cc(C)n(-c2ccc(NC(=O)C=Cc3cccnc3)cn2)n1. The van der Waals surface area contributed by atoms with Crippen LogP contribution in [0, 0.1) is 13.8 Å². The second kappa shape index (κ2) is 6.87. The summed E-state index contributed by atoms with van der Waals surface area (Å²) in [7, 11) is 0. The molecule has 0 saturated heterocycles. The minimum atomic E-state index is -0.223. The summed E-state index contributed by atoms with van der Waals surface area (Å²) in [6.07, 6.45) is 8.16. The summed E-state index contributed by atoms with van der Waals surface area (Å²) in [5, 5.41) is 7.16. The van der Waals surface area contributed by atoms with E-state index in [9.17, 15) is 4.79 Å². The molecular formula is C18H17N5O. The summed E-state index contributed by atoms with van der Waals surface area (Å²) in [4.78, 5) is 20.3. The van der Waals surface area contributed by atoms with Gasteiger partial charge in [-0.25, -0.2) is 9.67 Å². The van der Waals surface area contributed by atoms with Crippen molar-refractivity contribution in [1.82, 2.24) is 19.7 Å². The van der Waals surface area contributed by atoms with Crippen LogP contribution in [0.5, 0.6) is 0 Å². The van der Waals surface area contributed by atoms with Gasteiger partial charge in [0.15, 0.2) is 5.82 Å². The van der Waals surface area contributed by atoms with E-state index in [0.29, 0.717) is 11.5 Å². The third-order valence-electron chi connectivity index (χ3n) is 3.35. The Morgan fingerprint density at radius 3 is 2.71 bits per heavy atom. The van der Waals surface area contributed by atoms with Crippen LogP contribution in [0.2, 0.25) is 0 Å². The van der Waals surface area contributed by atoms with Crippen molar-refractivity contribution in [3.05, 3.63) is 71.9 Å². The average molecular weight is 319 g/mol. The largest absolute Gasteiger partial charge is 0.321 e. The molecule has 0 fully saturated rings. The van der Waals surface area contributed by atoms with Crippen LogP contribution in [0.15, 0.2) is 55.0 Å². The number of hydrogen-bond acceptors (Lipinski definition) is 4. The van der Waals surface area contributed by atoms with Gasteiger partial charge in [0.2, 0.25) is 5.91 Å². The maximum atomic E-state index is 11.9. The Morgan fingerprint density at radius 2 is 2.08 bits per heavy atom. The van der Waals surface area contributed by atoms with E-state index < -0.39 is 0 Å². The lowest BCUT2D eigenvalue weighted by molar-refractivity contribution is -0.111. The first kappa shape index (κ1) is 15.6. The lowest BCUT2D eigenvalue weighted by Crippen LogP contribution is -2.09. The van der Waals surface area contributed by atoms with Crippen LogP contribution < -0.4 is 5.32 Å². The van der Waals surface area contributed by atoms with Crippen molar-refractivity contribution in [2.45, 2.75) is 13.8 Å². The van der Waals surface area contributed by atoms with Crippen LogP contribution in [-0.2, 0) is 4.79 Å². The molecule has 1 N–H and O–H groups in total. The number of pyridine rings is 2. The van der Waals surface area contributed by atoms with E-state index in [2.05, 4.69) is 20.4 Å². The van der Waals surface area contributed by atoms with Crippen molar-refractivity contribution >= 4 is 17.7 Å². The number of amides is 1. The molecular weight excluding hydrogens is 302 g/mol. The van der Waals surface area contributed by atoms with Gasteiger partial charge < -0.3 is 5.32 Å². The van der Waals surface area contributed by atoms with Gasteiger partial charge in [-0.05, 0) is 49.8 Å². The monoisotopic (exact) mass is 319 g/mol. The molecule has 0 aliphatic carbocycles. The molecule has 1 amide bonds. The number of carbonyl (C=O) groups excluding carboxylic acids is 1. The number of rotatable bonds is 4. The fraction of sp³-hybridized carbons (Fsp3) is 0.111. The molecule has 6 heteroatoms. The van der Waals surface area contributed by atoms with E-state index in [-0.39, 0.29) is 5.91 Å². The summed E-state index contributed by atoms with van der Waals surface area (Å²) in [6.45, 7) is 3.91. The lowest BCUT2D eigenvalue weighted by Gasteiger charge is -2.05. The van der Waals surface area contributed by atoms with E-state index in [1.165, 1.54) is 6.08 Å². The summed E-state index contributed by atoms with van der Waals surface area (Å²) in [6, 6.07) is 9.30. The van der Waals surface area contributed by atoms with Crippen molar-refractivity contribution in [3.63, 3.8) is 0 Å². The molecule has 0 radical (unpaired) electrons. The molecule has 24 heavy (non-hydrogen) atoms. The summed E-state index contributed by atoms with van der Waals surface area (Å²) >= 11 is 0. The Labute approximate surface area is 139 Å². The fourth-order valence-electron chi connectivity index (χ4n) is 2.28. The summed E-state index contributed by atoms with van der Waals surface area (Å²) in [5.41, 5.74) is 3.44. The second-order valence-corrected chi connectivity index (χ2v) is 5.35. The highest BCUT2D eigenvalue weighted by molar-refractivity contribution is 6.01. The number of nitrogens with one attached hydrogen (secondary N) is 1. The van der Waals surface area contributed by atoms with Gasteiger partial charge in [-0.2, -0.15) is 5.10 Å². The number of nitrogens with zero attached hydrogens (tertiary/aromatic N) is 4. The van der Waals surface area contributed by atoms with E-state index in [1.54, 1.807) is 35.4 Å². The predicted molar refractivity (Wildman–Crippen MR) is 92.7 cm³/mol. The Bertz CT molecular complexity index is 866. The van der Waals surface area contributed by atoms with E-state index >= 15 is 0 Å². The number of aryl methyl sites for hydroxylation is 2. The zero-order valence-corrected chi connectivity index (χ0v) is 13.5. The van der Waals surface area contributed by atoms with Crippen LogP contribution in [0.3, 0.4) is 0 Å². The van der Waals surface area contributed by atoms with Crippen LogP contribution in [-0.4, -0.2) is 25.7 Å². The van der Waals surface area contributed by atoms with E-state index in [0.717, 1.165) is 17.0 Å². The van der Waals surface area contributed by atoms with Gasteiger partial charge in [0.25, 0.3) is 0 Å². The molecule has 0 bridgehead atoms. The Balaban J connectivity index is 1.67. The molecule has 0 unspecified atom stereocenters. The zero-order chi connectivity index (χ0) is 16.9. The van der Waals surface area contributed by atoms with Crippen molar-refractivity contribution < 1.29 is 4.79 Å². The number of anilines is 1. The summed E-state index contributed by atoms with van der Waals surface area (Å²) < 4.78 is 1.77. The number of carbonyl (C=O) groups is 1. The maximum absolute atomic E-state index is 11.9. The third kappa shape index (κ3) is 3.73. The maximum Gasteiger partial charge on any atom is 0.248 e. The molecule has 6 nitrogen and oxygen atoms in total. The predicted octanol–water partition coefficient (Wildman–Crippen LogP) is 2.93. The van der Waals surface area contributed by atoms with Crippen molar-refractivity contribution in [3.8, 4) is 5.82 Å². The van der Waals surface area contributed by atoms with E-state index in [4.69, 9.17) is 0 Å². The minimum absolute atomic E-state index is 0.223. The Hall–Kier alpha value is -3.28. The number of aromatic nitrogens is 4. The van der Waals surface area contributed by atoms with Gasteiger partial charge in [-0.3, -0.25) is 9.78 Å². The number of hydrogen-bond donors (Lipinski definition) is 1. The molecule has 0 aliphatic rings. The molecule has 0 saturated carbocycles. The van der Waals surface area contributed by atoms with Gasteiger partial charge in [-0.1, -0.05) is 6.07 Å². The molecule has 3 aromatic rings. The molecule has 3 aromatic heterocycles. The Morgan fingerprint density at radius 1 is 1.21 bits per heavy atom. The molecule has 0 spiro atoms. The first-order chi connectivity index (χ1) is 11.6. The van der Waals surface area contributed by atoms with Gasteiger partial charge in [0.05, 0.1) is 17.6 Å². The quantitative estimate of drug-likeness (QED) is 0.750. The molecule has 120 valence electrons. The van der Waals surface area contributed by atoms with Gasteiger partial charge in [0.1, 0.15) is 0 Å². The van der Waals surface area contributed by atoms with Crippen molar-refractivity contribution in [2.75, 3.05) is 5.32 Å². The molecule has 3 heterocycles. The van der Waals surface area contributed by atoms with Crippen molar-refractivity contribution in [2.24, 2.45) is 0 Å². The summed E-state index contributed by atoms with van der Waals surface area (Å²) in [5.74, 6) is 0.490. The first-order valence-electron chi connectivity index (χ1n) is 7.50. The second-order valence-electron chi connectivity index (χ2n) is 5.35. The van der Waals surface area contributed by atoms with E-state index in [1.807, 2.05) is 38.1 Å². The standard InChI is InChI=1S/C18H17N5O/c1-13-10-14(2)23(22-13)17-7-6-16(12-20-17)21-18(24)8-5-15-4-3-9-19-11-15/h3-12H,1-2H3,(H,21,24). The molecule has 0 atom stereocenters. The van der Waals surface area contributed by atoms with Gasteiger partial charge in [-0.15, -0.1) is 0 Å². The van der Waals surface area contributed by atoms with Gasteiger partial charge >= 0.3 is 0 Å². The smallest absolute Gasteiger partial charge is 0.248 e. The normalized spacial score (nSPS) is 10.9. The topological polar surface area (TPSA) is 72.7 Å². The molecule has 0 aromatic carbocycles. The van der Waals surface area contributed by atoms with Crippen LogP contribution in [0.1, 0.15) is 17.0 Å². The first-order valence-corrected chi connectivity index (χ1v) is 7.50. The highest BCUT2D eigenvalue weighted by Gasteiger charge is 2.05. The highest BCUT2D eigenvalue weighted by atomic mass is 16.1. The molecule has 3 rings (SSSR count). The van der Waals surface area contributed by atoms with Crippen LogP contribution in [0.4, 0.5) is 5.69 Å². The lowest BCUT2D eigenvalue weighted by atomic mass is 10.2. The van der Waals surface area contributed by atoms with Crippen molar-refractivity contribution in [1.29, 1.82) is 0 Å². The molecule has 0 aliphatic heterocycles. The van der Waals surface area contributed by atoms with Gasteiger partial charge in [0, 0.05) is 24.2 Å². The van der Waals surface area contributed by atoms with Crippen LogP contribution in [0.25, 0.3) is 11.9 Å². The fourth-order valence-corrected chi connectivity index (χ4v) is 2.28. The zero-order valence-electron chi connectivity index (χ0n) is 13.5. The Kier molecular flexibility index (Phi) is 4.47.